The Hall–Kier alpha value is -1.32. The summed E-state index contributed by atoms with van der Waals surface area (Å²) < 4.78 is 16.1. The summed E-state index contributed by atoms with van der Waals surface area (Å²) in [6.45, 7) is 8.25. The number of benzene rings is 1. The molecule has 0 bridgehead atoms. The highest BCUT2D eigenvalue weighted by molar-refractivity contribution is 5.64. The average molecular weight is 278 g/mol. The summed E-state index contributed by atoms with van der Waals surface area (Å²) in [7, 11) is 1.69. The first-order valence-corrected chi connectivity index (χ1v) is 7.18. The summed E-state index contributed by atoms with van der Waals surface area (Å²) in [5.74, 6) is 0.875. The molecule has 0 fully saturated rings. The summed E-state index contributed by atoms with van der Waals surface area (Å²) in [5, 5.41) is 0. The highest BCUT2D eigenvalue weighted by atomic mass is 16.5. The number of allylic oxidation sites excluding steroid dienone is 1. The van der Waals surface area contributed by atoms with Crippen molar-refractivity contribution in [2.24, 2.45) is 0 Å². The van der Waals surface area contributed by atoms with Crippen LogP contribution in [-0.4, -0.2) is 33.0 Å². The summed E-state index contributed by atoms with van der Waals surface area (Å²) in [6.07, 6.45) is 3.26. The van der Waals surface area contributed by atoms with Gasteiger partial charge < -0.3 is 14.2 Å². The van der Waals surface area contributed by atoms with Gasteiger partial charge in [0.2, 0.25) is 0 Å². The molecule has 112 valence electrons. The third-order valence-electron chi connectivity index (χ3n) is 3.11. The molecule has 0 N–H and O–H groups in total. The second kappa shape index (κ2) is 9.56. The van der Waals surface area contributed by atoms with E-state index in [-0.39, 0.29) is 6.10 Å². The van der Waals surface area contributed by atoms with Crippen LogP contribution in [0.3, 0.4) is 0 Å². The normalized spacial score (nSPS) is 13.3. The Morgan fingerprint density at radius 2 is 1.95 bits per heavy atom. The van der Waals surface area contributed by atoms with Gasteiger partial charge in [-0.05, 0) is 50.5 Å². The molecule has 0 amide bonds. The van der Waals surface area contributed by atoms with E-state index in [0.717, 1.165) is 25.4 Å². The Balaban J connectivity index is 2.48. The van der Waals surface area contributed by atoms with Crippen molar-refractivity contribution in [3.05, 3.63) is 35.9 Å². The second-order valence-corrected chi connectivity index (χ2v) is 4.75. The molecule has 1 atom stereocenters. The maximum atomic E-state index is 5.64. The zero-order valence-corrected chi connectivity index (χ0v) is 13.0. The largest absolute Gasteiger partial charge is 0.491 e. The van der Waals surface area contributed by atoms with Gasteiger partial charge in [0.05, 0.1) is 12.7 Å². The lowest BCUT2D eigenvalue weighted by molar-refractivity contribution is 0.0717. The quantitative estimate of drug-likeness (QED) is 0.641. The van der Waals surface area contributed by atoms with E-state index >= 15 is 0 Å². The standard InChI is InChI=1S/C17H26O3/c1-5-19-12-6-7-14(2)16-8-10-17(11-9-16)20-13-15(3)18-4/h7-11,15H,5-6,12-13H2,1-4H3. The van der Waals surface area contributed by atoms with Crippen molar-refractivity contribution in [3.8, 4) is 5.75 Å². The number of hydrogen-bond acceptors (Lipinski definition) is 3. The molecular weight excluding hydrogens is 252 g/mol. The van der Waals surface area contributed by atoms with Crippen LogP contribution in [-0.2, 0) is 9.47 Å². The third kappa shape index (κ3) is 6.22. The summed E-state index contributed by atoms with van der Waals surface area (Å²) in [6, 6.07) is 8.16. The van der Waals surface area contributed by atoms with Gasteiger partial charge in [-0.2, -0.15) is 0 Å². The van der Waals surface area contributed by atoms with Gasteiger partial charge in [-0.25, -0.2) is 0 Å². The summed E-state index contributed by atoms with van der Waals surface area (Å²) in [5.41, 5.74) is 2.48. The smallest absolute Gasteiger partial charge is 0.119 e. The van der Waals surface area contributed by atoms with Gasteiger partial charge in [-0.3, -0.25) is 0 Å². The Kier molecular flexibility index (Phi) is 8.00. The molecule has 1 aromatic rings. The minimum absolute atomic E-state index is 0.106. The van der Waals surface area contributed by atoms with Crippen LogP contribution in [0.25, 0.3) is 5.57 Å². The number of rotatable bonds is 9. The maximum Gasteiger partial charge on any atom is 0.119 e. The topological polar surface area (TPSA) is 27.7 Å². The fraction of sp³-hybridized carbons (Fsp3) is 0.529. The molecule has 0 saturated heterocycles. The molecule has 0 radical (unpaired) electrons. The van der Waals surface area contributed by atoms with Gasteiger partial charge in [-0.1, -0.05) is 18.2 Å². The highest BCUT2D eigenvalue weighted by Crippen LogP contribution is 2.19. The van der Waals surface area contributed by atoms with Crippen molar-refractivity contribution in [1.82, 2.24) is 0 Å². The lowest BCUT2D eigenvalue weighted by Crippen LogP contribution is -2.15. The molecule has 20 heavy (non-hydrogen) atoms. The van der Waals surface area contributed by atoms with E-state index < -0.39 is 0 Å². The summed E-state index contributed by atoms with van der Waals surface area (Å²) in [4.78, 5) is 0. The van der Waals surface area contributed by atoms with Crippen LogP contribution >= 0.6 is 0 Å². The van der Waals surface area contributed by atoms with Crippen molar-refractivity contribution >= 4 is 5.57 Å². The van der Waals surface area contributed by atoms with Crippen LogP contribution < -0.4 is 4.74 Å². The number of methoxy groups -OCH3 is 1. The molecule has 0 aliphatic carbocycles. The molecule has 0 heterocycles. The first-order chi connectivity index (χ1) is 9.67. The zero-order valence-electron chi connectivity index (χ0n) is 13.0. The Morgan fingerprint density at radius 3 is 2.55 bits per heavy atom. The molecule has 0 aromatic heterocycles. The minimum Gasteiger partial charge on any atom is -0.491 e. The molecule has 1 unspecified atom stereocenters. The van der Waals surface area contributed by atoms with E-state index in [9.17, 15) is 0 Å². The van der Waals surface area contributed by atoms with E-state index in [4.69, 9.17) is 14.2 Å². The number of ether oxygens (including phenoxy) is 3. The van der Waals surface area contributed by atoms with E-state index in [1.54, 1.807) is 7.11 Å². The fourth-order valence-corrected chi connectivity index (χ4v) is 1.72. The predicted molar refractivity (Wildman–Crippen MR) is 83.2 cm³/mol. The molecule has 0 spiro atoms. The monoisotopic (exact) mass is 278 g/mol. The van der Waals surface area contributed by atoms with Gasteiger partial charge in [0.25, 0.3) is 0 Å². The first-order valence-electron chi connectivity index (χ1n) is 7.18. The van der Waals surface area contributed by atoms with Crippen molar-refractivity contribution in [2.45, 2.75) is 33.3 Å². The fourth-order valence-electron chi connectivity index (χ4n) is 1.72. The molecule has 3 nitrogen and oxygen atoms in total. The van der Waals surface area contributed by atoms with Gasteiger partial charge in [0.15, 0.2) is 0 Å². The molecule has 0 aliphatic rings. The van der Waals surface area contributed by atoms with Gasteiger partial charge in [0.1, 0.15) is 12.4 Å². The first kappa shape index (κ1) is 16.7. The third-order valence-corrected chi connectivity index (χ3v) is 3.11. The molecular formula is C17H26O3. The van der Waals surface area contributed by atoms with Crippen molar-refractivity contribution in [1.29, 1.82) is 0 Å². The average Bonchev–Trinajstić information content (AvgIpc) is 2.49. The predicted octanol–water partition coefficient (Wildman–Crippen LogP) is 3.93. The molecule has 1 aromatic carbocycles. The lowest BCUT2D eigenvalue weighted by atomic mass is 10.1. The zero-order chi connectivity index (χ0) is 14.8. The Bertz CT molecular complexity index is 395. The molecule has 1 rings (SSSR count). The van der Waals surface area contributed by atoms with Crippen molar-refractivity contribution in [2.75, 3.05) is 26.9 Å². The van der Waals surface area contributed by atoms with Crippen LogP contribution in [0.5, 0.6) is 5.75 Å². The van der Waals surface area contributed by atoms with Crippen LogP contribution in [0, 0.1) is 0 Å². The maximum absolute atomic E-state index is 5.64. The SMILES string of the molecule is CCOCCC=C(C)c1ccc(OCC(C)OC)cc1. The van der Waals surface area contributed by atoms with Gasteiger partial charge in [-0.15, -0.1) is 0 Å². The summed E-state index contributed by atoms with van der Waals surface area (Å²) >= 11 is 0. The molecule has 0 aliphatic heterocycles. The molecule has 0 saturated carbocycles. The van der Waals surface area contributed by atoms with E-state index in [1.807, 2.05) is 26.0 Å². The van der Waals surface area contributed by atoms with Crippen LogP contribution in [0.2, 0.25) is 0 Å². The van der Waals surface area contributed by atoms with E-state index in [0.29, 0.717) is 6.61 Å². The Morgan fingerprint density at radius 1 is 1.25 bits per heavy atom. The molecule has 3 heteroatoms. The van der Waals surface area contributed by atoms with Crippen LogP contribution in [0.4, 0.5) is 0 Å². The van der Waals surface area contributed by atoms with Gasteiger partial charge in [0, 0.05) is 13.7 Å². The van der Waals surface area contributed by atoms with E-state index in [1.165, 1.54) is 11.1 Å². The van der Waals surface area contributed by atoms with E-state index in [2.05, 4.69) is 25.1 Å². The highest BCUT2D eigenvalue weighted by Gasteiger charge is 2.01. The Labute approximate surface area is 122 Å². The van der Waals surface area contributed by atoms with Crippen molar-refractivity contribution < 1.29 is 14.2 Å². The lowest BCUT2D eigenvalue weighted by Gasteiger charge is -2.11. The van der Waals surface area contributed by atoms with Gasteiger partial charge >= 0.3 is 0 Å². The van der Waals surface area contributed by atoms with Crippen LogP contribution in [0.15, 0.2) is 30.3 Å². The van der Waals surface area contributed by atoms with Crippen molar-refractivity contribution in [3.63, 3.8) is 0 Å². The van der Waals surface area contributed by atoms with Crippen LogP contribution in [0.1, 0.15) is 32.8 Å². The second-order valence-electron chi connectivity index (χ2n) is 4.75. The number of hydrogen-bond donors (Lipinski definition) is 0. The minimum atomic E-state index is 0.106.